The molecule has 1 aliphatic carbocycles. The maximum absolute atomic E-state index is 14.5. The summed E-state index contributed by atoms with van der Waals surface area (Å²) in [5, 5.41) is 3.84. The standard InChI is InChI=1S/C28H38N6O4/c1-2-33-12-10-17(11-13-33)19-8-9-20(27(29)36)21(14-19)24(18-6-4-3-5-7-18)28(37)34-15-22(31-32-30)26-25(34)23(35)16-38-26/h8-9,14,17-18,22,24-26H,2-7,10-13,15-16H2,1H3,(H2,29,36)/t22-,24-,25+,26+/m0/s1. The number of carbonyl (C=O) groups is 3. The first kappa shape index (κ1) is 26.7. The molecule has 1 aromatic rings. The number of hydrogen-bond donors (Lipinski definition) is 1. The van der Waals surface area contributed by atoms with Crippen molar-refractivity contribution in [2.45, 2.75) is 81.9 Å². The van der Waals surface area contributed by atoms with Crippen molar-refractivity contribution in [1.29, 1.82) is 0 Å². The summed E-state index contributed by atoms with van der Waals surface area (Å²) in [6.07, 6.45) is 6.34. The van der Waals surface area contributed by atoms with Crippen LogP contribution in [0, 0.1) is 5.92 Å². The zero-order valence-electron chi connectivity index (χ0n) is 22.1. The molecule has 0 spiro atoms. The molecule has 0 bridgehead atoms. The van der Waals surface area contributed by atoms with E-state index in [2.05, 4.69) is 27.9 Å². The van der Waals surface area contributed by atoms with Gasteiger partial charge in [0.2, 0.25) is 11.8 Å². The Bertz CT molecular complexity index is 1120. The van der Waals surface area contributed by atoms with Gasteiger partial charge in [-0.3, -0.25) is 14.4 Å². The zero-order chi connectivity index (χ0) is 26.8. The van der Waals surface area contributed by atoms with Crippen molar-refractivity contribution in [3.8, 4) is 0 Å². The maximum Gasteiger partial charge on any atom is 0.249 e. The number of Topliss-reactive ketones (excluding diaryl/α,β-unsaturated/α-hetero) is 1. The molecule has 38 heavy (non-hydrogen) atoms. The van der Waals surface area contributed by atoms with Gasteiger partial charge in [0.15, 0.2) is 5.78 Å². The van der Waals surface area contributed by atoms with E-state index in [0.717, 1.165) is 70.1 Å². The van der Waals surface area contributed by atoms with E-state index in [9.17, 15) is 14.4 Å². The van der Waals surface area contributed by atoms with Gasteiger partial charge in [0, 0.05) is 17.0 Å². The normalized spacial score (nSPS) is 27.7. The number of primary amides is 1. The molecule has 2 N–H and O–H groups in total. The predicted molar refractivity (Wildman–Crippen MR) is 142 cm³/mol. The first-order valence-corrected chi connectivity index (χ1v) is 14.1. The number of rotatable bonds is 7. The van der Waals surface area contributed by atoms with Crippen molar-refractivity contribution in [1.82, 2.24) is 9.80 Å². The number of carbonyl (C=O) groups excluding carboxylic acids is 3. The van der Waals surface area contributed by atoms with Gasteiger partial charge in [-0.25, -0.2) is 0 Å². The van der Waals surface area contributed by atoms with Gasteiger partial charge in [0.25, 0.3) is 0 Å². The average molecular weight is 523 g/mol. The van der Waals surface area contributed by atoms with Crippen molar-refractivity contribution in [3.63, 3.8) is 0 Å². The molecular weight excluding hydrogens is 484 g/mol. The molecule has 1 saturated carbocycles. The summed E-state index contributed by atoms with van der Waals surface area (Å²) in [7, 11) is 0. The summed E-state index contributed by atoms with van der Waals surface area (Å²) in [6, 6.07) is 4.47. The van der Waals surface area contributed by atoms with Crippen LogP contribution >= 0.6 is 0 Å². The van der Waals surface area contributed by atoms with Crippen LogP contribution < -0.4 is 5.73 Å². The molecule has 3 heterocycles. The molecule has 204 valence electrons. The van der Waals surface area contributed by atoms with Crippen LogP contribution in [0.5, 0.6) is 0 Å². The Morgan fingerprint density at radius 3 is 2.58 bits per heavy atom. The van der Waals surface area contributed by atoms with Crippen LogP contribution in [0.2, 0.25) is 0 Å². The van der Waals surface area contributed by atoms with Gasteiger partial charge in [0.1, 0.15) is 12.6 Å². The molecule has 3 saturated heterocycles. The number of ether oxygens (including phenoxy) is 1. The second-order valence-electron chi connectivity index (χ2n) is 11.2. The third-order valence-corrected chi connectivity index (χ3v) is 9.21. The summed E-state index contributed by atoms with van der Waals surface area (Å²) >= 11 is 0. The molecule has 10 heteroatoms. The largest absolute Gasteiger partial charge is 0.367 e. The molecule has 2 amide bonds. The van der Waals surface area contributed by atoms with E-state index < -0.39 is 30.0 Å². The summed E-state index contributed by atoms with van der Waals surface area (Å²) < 4.78 is 5.66. The number of nitrogens with zero attached hydrogens (tertiary/aromatic N) is 5. The number of benzene rings is 1. The second-order valence-corrected chi connectivity index (χ2v) is 11.2. The third-order valence-electron chi connectivity index (χ3n) is 9.21. The Balaban J connectivity index is 1.54. The number of piperidine rings is 1. The highest BCUT2D eigenvalue weighted by Gasteiger charge is 2.53. The Labute approximate surface area is 223 Å². The van der Waals surface area contributed by atoms with Crippen LogP contribution in [-0.4, -0.2) is 78.4 Å². The topological polar surface area (TPSA) is 142 Å². The summed E-state index contributed by atoms with van der Waals surface area (Å²) in [5.74, 6) is -1.11. The number of hydrogen-bond acceptors (Lipinski definition) is 6. The number of fused-ring (bicyclic) bond motifs is 1. The minimum absolute atomic E-state index is 0.0425. The fourth-order valence-electron chi connectivity index (χ4n) is 7.16. The van der Waals surface area contributed by atoms with Crippen molar-refractivity contribution in [2.24, 2.45) is 16.8 Å². The van der Waals surface area contributed by atoms with Crippen molar-refractivity contribution in [2.75, 3.05) is 32.8 Å². The molecular formula is C28H38N6O4. The molecule has 4 aliphatic rings. The first-order valence-electron chi connectivity index (χ1n) is 14.1. The van der Waals surface area contributed by atoms with Gasteiger partial charge in [0.05, 0.1) is 18.1 Å². The Morgan fingerprint density at radius 2 is 1.92 bits per heavy atom. The van der Waals surface area contributed by atoms with E-state index in [1.165, 1.54) is 0 Å². The van der Waals surface area contributed by atoms with Crippen LogP contribution in [0.1, 0.15) is 85.2 Å². The van der Waals surface area contributed by atoms with E-state index in [0.29, 0.717) is 17.0 Å². The SMILES string of the molecule is CCN1CCC(c2ccc(C(N)=O)c([C@@H](C(=O)N3C[C@H](N=[N+]=[N-])[C@H]4OCC(=O)[C@H]43)C3CCCCC3)c2)CC1. The quantitative estimate of drug-likeness (QED) is 0.331. The fraction of sp³-hybridized carbons (Fsp3) is 0.679. The van der Waals surface area contributed by atoms with Gasteiger partial charge < -0.3 is 20.3 Å². The number of amides is 2. The van der Waals surface area contributed by atoms with Crippen molar-refractivity contribution >= 4 is 17.6 Å². The molecule has 0 aromatic heterocycles. The minimum atomic E-state index is -0.761. The maximum atomic E-state index is 14.5. The molecule has 0 radical (unpaired) electrons. The molecule has 4 fully saturated rings. The van der Waals surface area contributed by atoms with E-state index in [1.54, 1.807) is 11.0 Å². The van der Waals surface area contributed by atoms with Gasteiger partial charge in [-0.15, -0.1) is 0 Å². The summed E-state index contributed by atoms with van der Waals surface area (Å²) in [5.41, 5.74) is 17.1. The third kappa shape index (κ3) is 5.05. The lowest BCUT2D eigenvalue weighted by Crippen LogP contribution is -2.46. The van der Waals surface area contributed by atoms with E-state index >= 15 is 0 Å². The molecule has 5 rings (SSSR count). The van der Waals surface area contributed by atoms with Crippen LogP contribution in [0.3, 0.4) is 0 Å². The van der Waals surface area contributed by atoms with Crippen LogP contribution in [0.25, 0.3) is 10.4 Å². The van der Waals surface area contributed by atoms with Crippen LogP contribution in [-0.2, 0) is 14.3 Å². The average Bonchev–Trinajstić information content (AvgIpc) is 3.50. The van der Waals surface area contributed by atoms with Gasteiger partial charge in [-0.1, -0.05) is 43.4 Å². The summed E-state index contributed by atoms with van der Waals surface area (Å²) in [6.45, 7) is 5.30. The number of likely N-dealkylation sites (tertiary alicyclic amines) is 2. The Hall–Kier alpha value is -2.94. The van der Waals surface area contributed by atoms with Gasteiger partial charge in [-0.2, -0.15) is 0 Å². The fourth-order valence-corrected chi connectivity index (χ4v) is 7.16. The minimum Gasteiger partial charge on any atom is -0.367 e. The van der Waals surface area contributed by atoms with E-state index in [4.69, 9.17) is 16.0 Å². The van der Waals surface area contributed by atoms with Crippen LogP contribution in [0.15, 0.2) is 23.3 Å². The molecule has 10 nitrogen and oxygen atoms in total. The molecule has 3 aliphatic heterocycles. The number of azide groups is 1. The van der Waals surface area contributed by atoms with Gasteiger partial charge >= 0.3 is 0 Å². The van der Waals surface area contributed by atoms with Gasteiger partial charge in [-0.05, 0) is 79.9 Å². The van der Waals surface area contributed by atoms with E-state index in [-0.39, 0.29) is 30.8 Å². The van der Waals surface area contributed by atoms with Crippen molar-refractivity contribution < 1.29 is 19.1 Å². The molecule has 4 atom stereocenters. The van der Waals surface area contributed by atoms with Crippen LogP contribution in [0.4, 0.5) is 0 Å². The lowest BCUT2D eigenvalue weighted by Gasteiger charge is -2.36. The smallest absolute Gasteiger partial charge is 0.249 e. The Morgan fingerprint density at radius 1 is 1.18 bits per heavy atom. The highest BCUT2D eigenvalue weighted by molar-refractivity contribution is 5.99. The lowest BCUT2D eigenvalue weighted by molar-refractivity contribution is -0.139. The zero-order valence-corrected chi connectivity index (χ0v) is 22.1. The predicted octanol–water partition coefficient (Wildman–Crippen LogP) is 3.51. The summed E-state index contributed by atoms with van der Waals surface area (Å²) in [4.78, 5) is 46.9. The highest BCUT2D eigenvalue weighted by Crippen LogP contribution is 2.42. The second kappa shape index (κ2) is 11.4. The number of ketones is 1. The first-order chi connectivity index (χ1) is 18.4. The Kier molecular flexibility index (Phi) is 8.02. The number of nitrogens with two attached hydrogens (primary N) is 1. The van der Waals surface area contributed by atoms with E-state index in [1.807, 2.05) is 6.07 Å². The molecule has 0 unspecified atom stereocenters. The monoisotopic (exact) mass is 522 g/mol. The highest BCUT2D eigenvalue weighted by atomic mass is 16.5. The lowest BCUT2D eigenvalue weighted by atomic mass is 9.73. The molecule has 1 aromatic carbocycles. The van der Waals surface area contributed by atoms with Crippen molar-refractivity contribution in [3.05, 3.63) is 45.3 Å².